The fraction of sp³-hybridized carbons (Fsp3) is 0.857. The molecule has 1 rings (SSSR count). The third-order valence-electron chi connectivity index (χ3n) is 1.86. The number of rotatable bonds is 3. The van der Waals surface area contributed by atoms with Crippen LogP contribution in [0, 0.1) is 0 Å². The zero-order valence-electron chi connectivity index (χ0n) is 7.08. The largest absolute Gasteiger partial charge is 0.367 e. The van der Waals surface area contributed by atoms with Gasteiger partial charge in [0.1, 0.15) is 6.10 Å². The molecule has 0 aromatic heterocycles. The van der Waals surface area contributed by atoms with Crippen LogP contribution >= 0.6 is 0 Å². The van der Waals surface area contributed by atoms with Gasteiger partial charge in [0.25, 0.3) is 6.43 Å². The molecule has 1 amide bonds. The quantitative estimate of drug-likeness (QED) is 0.655. The molecule has 0 aromatic rings. The van der Waals surface area contributed by atoms with Gasteiger partial charge < -0.3 is 10.5 Å². The number of carbonyl (C=O) groups excluding carboxylic acids is 1. The number of ether oxygens (including phenoxy) is 1. The van der Waals surface area contributed by atoms with Gasteiger partial charge in [-0.2, -0.15) is 0 Å². The van der Waals surface area contributed by atoms with Crippen molar-refractivity contribution in [2.24, 2.45) is 5.73 Å². The number of primary amides is 1. The number of alkyl halides is 2. The summed E-state index contributed by atoms with van der Waals surface area (Å²) < 4.78 is 28.9. The number of halogens is 2. The fourth-order valence-corrected chi connectivity index (χ4v) is 1.24. The van der Waals surface area contributed by atoms with Gasteiger partial charge in [-0.25, -0.2) is 8.78 Å². The lowest BCUT2D eigenvalue weighted by atomic mass is 10.2. The van der Waals surface area contributed by atoms with Crippen molar-refractivity contribution in [3.63, 3.8) is 0 Å². The van der Waals surface area contributed by atoms with Gasteiger partial charge >= 0.3 is 0 Å². The predicted octanol–water partition coefficient (Wildman–Crippen LogP) is -0.562. The molecule has 4 nitrogen and oxygen atoms in total. The first-order valence-electron chi connectivity index (χ1n) is 4.01. The minimum Gasteiger partial charge on any atom is -0.367 e. The number of nitrogens with two attached hydrogens (primary N) is 1. The molecule has 0 aliphatic carbocycles. The zero-order valence-corrected chi connectivity index (χ0v) is 7.08. The molecule has 2 N–H and O–H groups in total. The Bertz CT molecular complexity index is 189. The van der Waals surface area contributed by atoms with Gasteiger partial charge in [-0.3, -0.25) is 9.69 Å². The molecule has 0 aromatic carbocycles. The molecule has 0 spiro atoms. The third kappa shape index (κ3) is 3.23. The van der Waals surface area contributed by atoms with Crippen molar-refractivity contribution in [2.45, 2.75) is 12.5 Å². The van der Waals surface area contributed by atoms with E-state index >= 15 is 0 Å². The number of amides is 1. The number of nitrogens with zero attached hydrogens (tertiary/aromatic N) is 1. The maximum atomic E-state index is 11.9. The van der Waals surface area contributed by atoms with Crippen LogP contribution in [0.4, 0.5) is 8.78 Å². The molecule has 0 radical (unpaired) electrons. The average Bonchev–Trinajstić information content (AvgIpc) is 2.03. The second-order valence-electron chi connectivity index (χ2n) is 2.91. The van der Waals surface area contributed by atoms with Gasteiger partial charge in [0.2, 0.25) is 5.91 Å². The van der Waals surface area contributed by atoms with Crippen molar-refractivity contribution in [1.82, 2.24) is 4.90 Å². The van der Waals surface area contributed by atoms with Crippen molar-refractivity contribution in [1.29, 1.82) is 0 Å². The third-order valence-corrected chi connectivity index (χ3v) is 1.86. The summed E-state index contributed by atoms with van der Waals surface area (Å²) in [7, 11) is 0. The topological polar surface area (TPSA) is 55.6 Å². The summed E-state index contributed by atoms with van der Waals surface area (Å²) in [5, 5.41) is 0. The lowest BCUT2D eigenvalue weighted by Gasteiger charge is -2.30. The molecule has 76 valence electrons. The Morgan fingerprint density at radius 3 is 2.92 bits per heavy atom. The Morgan fingerprint density at radius 1 is 1.69 bits per heavy atom. The molecule has 13 heavy (non-hydrogen) atoms. The van der Waals surface area contributed by atoms with E-state index in [9.17, 15) is 13.6 Å². The fourth-order valence-electron chi connectivity index (χ4n) is 1.24. The summed E-state index contributed by atoms with van der Waals surface area (Å²) in [5.74, 6) is -0.598. The molecule has 1 aliphatic heterocycles. The van der Waals surface area contributed by atoms with Crippen LogP contribution < -0.4 is 5.73 Å². The highest BCUT2D eigenvalue weighted by Crippen LogP contribution is 2.06. The smallest absolute Gasteiger partial charge is 0.251 e. The van der Waals surface area contributed by atoms with Gasteiger partial charge in [-0.1, -0.05) is 0 Å². The van der Waals surface area contributed by atoms with Crippen molar-refractivity contribution >= 4 is 5.91 Å². The minimum absolute atomic E-state index is 0.166. The zero-order chi connectivity index (χ0) is 9.84. The van der Waals surface area contributed by atoms with E-state index in [4.69, 9.17) is 10.5 Å². The van der Waals surface area contributed by atoms with Gasteiger partial charge in [-0.05, 0) is 0 Å². The highest BCUT2D eigenvalue weighted by atomic mass is 19.3. The van der Waals surface area contributed by atoms with E-state index in [0.29, 0.717) is 6.54 Å². The number of morpholine rings is 1. The first kappa shape index (κ1) is 10.3. The Balaban J connectivity index is 2.37. The lowest BCUT2D eigenvalue weighted by Crippen LogP contribution is -2.49. The molecule has 1 heterocycles. The van der Waals surface area contributed by atoms with E-state index < -0.39 is 18.4 Å². The highest BCUT2D eigenvalue weighted by molar-refractivity contribution is 5.79. The molecule has 1 atom stereocenters. The first-order valence-corrected chi connectivity index (χ1v) is 4.01. The highest BCUT2D eigenvalue weighted by Gasteiger charge is 2.25. The van der Waals surface area contributed by atoms with Crippen LogP contribution in [0.1, 0.15) is 0 Å². The molecule has 0 bridgehead atoms. The minimum atomic E-state index is -2.38. The SMILES string of the molecule is NC(=O)C1CN(CC(F)F)CCO1. The van der Waals surface area contributed by atoms with Crippen molar-refractivity contribution in [3.05, 3.63) is 0 Å². The monoisotopic (exact) mass is 194 g/mol. The Kier molecular flexibility index (Phi) is 3.56. The first-order chi connectivity index (χ1) is 6.09. The van der Waals surface area contributed by atoms with E-state index in [0.717, 1.165) is 0 Å². The standard InChI is InChI=1S/C7H12F2N2O2/c8-6(9)4-11-1-2-13-5(3-11)7(10)12/h5-6H,1-4H2,(H2,10,12). The van der Waals surface area contributed by atoms with Crippen LogP contribution in [-0.4, -0.2) is 49.6 Å². The van der Waals surface area contributed by atoms with Crippen LogP contribution in [0.25, 0.3) is 0 Å². The maximum absolute atomic E-state index is 11.9. The molecule has 1 aliphatic rings. The van der Waals surface area contributed by atoms with Crippen LogP contribution in [0.15, 0.2) is 0 Å². The van der Waals surface area contributed by atoms with E-state index in [1.807, 2.05) is 0 Å². The number of hydrogen-bond donors (Lipinski definition) is 1. The molecule has 1 unspecified atom stereocenters. The lowest BCUT2D eigenvalue weighted by molar-refractivity contribution is -0.136. The Morgan fingerprint density at radius 2 is 2.38 bits per heavy atom. The van der Waals surface area contributed by atoms with Gasteiger partial charge in [0.05, 0.1) is 13.2 Å². The van der Waals surface area contributed by atoms with E-state index in [1.54, 1.807) is 0 Å². The number of hydrogen-bond acceptors (Lipinski definition) is 3. The Labute approximate surface area is 74.6 Å². The average molecular weight is 194 g/mol. The van der Waals surface area contributed by atoms with Crippen LogP contribution in [0.2, 0.25) is 0 Å². The van der Waals surface area contributed by atoms with E-state index in [1.165, 1.54) is 4.90 Å². The second-order valence-corrected chi connectivity index (χ2v) is 2.91. The molecular formula is C7H12F2N2O2. The van der Waals surface area contributed by atoms with Crippen molar-refractivity contribution in [2.75, 3.05) is 26.2 Å². The van der Waals surface area contributed by atoms with Gasteiger partial charge in [-0.15, -0.1) is 0 Å². The van der Waals surface area contributed by atoms with Crippen LogP contribution in [0.3, 0.4) is 0 Å². The summed E-state index contributed by atoms with van der Waals surface area (Å²) >= 11 is 0. The normalized spacial score (nSPS) is 25.0. The summed E-state index contributed by atoms with van der Waals surface area (Å²) in [5.41, 5.74) is 4.98. The molecule has 1 fully saturated rings. The summed E-state index contributed by atoms with van der Waals surface area (Å²) in [6.45, 7) is 0.543. The molecular weight excluding hydrogens is 182 g/mol. The van der Waals surface area contributed by atoms with Crippen molar-refractivity contribution in [3.8, 4) is 0 Å². The molecule has 6 heteroatoms. The summed E-state index contributed by atoms with van der Waals surface area (Å²) in [6.07, 6.45) is -3.13. The number of carbonyl (C=O) groups is 1. The second kappa shape index (κ2) is 4.48. The maximum Gasteiger partial charge on any atom is 0.251 e. The van der Waals surface area contributed by atoms with Gasteiger partial charge in [0.15, 0.2) is 0 Å². The van der Waals surface area contributed by atoms with E-state index in [-0.39, 0.29) is 19.7 Å². The molecule has 1 saturated heterocycles. The summed E-state index contributed by atoms with van der Waals surface area (Å²) in [6, 6.07) is 0. The Hall–Kier alpha value is -0.750. The van der Waals surface area contributed by atoms with Crippen LogP contribution in [0.5, 0.6) is 0 Å². The van der Waals surface area contributed by atoms with Gasteiger partial charge in [0, 0.05) is 13.1 Å². The predicted molar refractivity (Wildman–Crippen MR) is 41.4 cm³/mol. The molecule has 0 saturated carbocycles. The van der Waals surface area contributed by atoms with E-state index in [2.05, 4.69) is 0 Å². The van der Waals surface area contributed by atoms with Crippen molar-refractivity contribution < 1.29 is 18.3 Å². The summed E-state index contributed by atoms with van der Waals surface area (Å²) in [4.78, 5) is 12.1. The van der Waals surface area contributed by atoms with Crippen LogP contribution in [-0.2, 0) is 9.53 Å².